The molecule has 2 aromatic rings. The van der Waals surface area contributed by atoms with Crippen molar-refractivity contribution in [3.05, 3.63) is 41.2 Å². The summed E-state index contributed by atoms with van der Waals surface area (Å²) in [5.41, 5.74) is 2.94. The summed E-state index contributed by atoms with van der Waals surface area (Å²) in [6, 6.07) is 7.50. The average molecular weight is 513 g/mol. The topological polar surface area (TPSA) is 106 Å². The van der Waals surface area contributed by atoms with Crippen LogP contribution in [0.3, 0.4) is 0 Å². The third-order valence-electron chi connectivity index (χ3n) is 7.15. The van der Waals surface area contributed by atoms with Crippen LogP contribution in [0.2, 0.25) is 0 Å². The monoisotopic (exact) mass is 512 g/mol. The minimum absolute atomic E-state index is 0.0841. The van der Waals surface area contributed by atoms with Crippen LogP contribution < -0.4 is 10.1 Å². The Morgan fingerprint density at radius 1 is 1.19 bits per heavy atom. The quantitative estimate of drug-likeness (QED) is 0.473. The first kappa shape index (κ1) is 27.4. The highest BCUT2D eigenvalue weighted by atomic mass is 16.5. The lowest BCUT2D eigenvalue weighted by Gasteiger charge is -2.27. The Bertz CT molecular complexity index is 1040. The Morgan fingerprint density at radius 3 is 2.68 bits per heavy atom. The number of aromatic nitrogens is 2. The number of carbonyl (C=O) groups excluding carboxylic acids is 1. The fourth-order valence-electron chi connectivity index (χ4n) is 4.91. The number of nitrogens with one attached hydrogen (secondary N) is 1. The Morgan fingerprint density at radius 2 is 1.95 bits per heavy atom. The molecule has 2 atom stereocenters. The van der Waals surface area contributed by atoms with Crippen LogP contribution >= 0.6 is 0 Å². The number of aliphatic hydroxyl groups excluding tert-OH is 1. The van der Waals surface area contributed by atoms with Gasteiger partial charge in [-0.25, -0.2) is 9.97 Å². The van der Waals surface area contributed by atoms with Crippen LogP contribution in [0.5, 0.6) is 5.75 Å². The first-order valence-electron chi connectivity index (χ1n) is 13.3. The Hall–Kier alpha value is -2.59. The number of likely N-dealkylation sites (N-methyl/N-ethyl adjacent to an activating group) is 1. The van der Waals surface area contributed by atoms with E-state index in [1.54, 1.807) is 11.9 Å². The van der Waals surface area contributed by atoms with Crippen molar-refractivity contribution in [3.8, 4) is 17.1 Å². The van der Waals surface area contributed by atoms with Gasteiger partial charge in [-0.15, -0.1) is 0 Å². The third-order valence-corrected chi connectivity index (χ3v) is 7.15. The molecule has 0 radical (unpaired) electrons. The molecule has 0 aliphatic carbocycles. The zero-order valence-electron chi connectivity index (χ0n) is 22.2. The second kappa shape index (κ2) is 13.3. The minimum atomic E-state index is -0.611. The van der Waals surface area contributed by atoms with Gasteiger partial charge in [-0.2, -0.15) is 0 Å². The van der Waals surface area contributed by atoms with Gasteiger partial charge in [0.1, 0.15) is 24.2 Å². The van der Waals surface area contributed by atoms with Crippen molar-refractivity contribution in [2.24, 2.45) is 11.8 Å². The van der Waals surface area contributed by atoms with Crippen LogP contribution in [0.1, 0.15) is 41.0 Å². The molecule has 2 N–H and O–H groups in total. The van der Waals surface area contributed by atoms with Gasteiger partial charge in [-0.3, -0.25) is 4.79 Å². The number of carbonyl (C=O) groups is 1. The second-order valence-corrected chi connectivity index (χ2v) is 10.2. The maximum atomic E-state index is 13.6. The van der Waals surface area contributed by atoms with Crippen molar-refractivity contribution in [1.29, 1.82) is 0 Å². The van der Waals surface area contributed by atoms with E-state index in [4.69, 9.17) is 24.2 Å². The van der Waals surface area contributed by atoms with Crippen molar-refractivity contribution in [2.75, 3.05) is 60.2 Å². The van der Waals surface area contributed by atoms with E-state index in [0.29, 0.717) is 48.8 Å². The normalized spacial score (nSPS) is 19.1. The zero-order chi connectivity index (χ0) is 26.2. The van der Waals surface area contributed by atoms with Crippen LogP contribution in [-0.4, -0.2) is 92.2 Å². The standard InChI is InChI=1S/C28H40N4O5/c1-19-25(13-21-9-12-36-17-21)30-27(22-5-4-6-24(14-22)37-18-23(33)15-29-2)31-26(19)28(34)32(3)16-20-7-10-35-11-8-20/h4-6,14,20-21,23,29,33H,7-13,15-18H2,1-3H3/t21-,23?/m0/s1. The summed E-state index contributed by atoms with van der Waals surface area (Å²) in [6.07, 6.45) is 3.06. The molecular formula is C28H40N4O5. The number of hydrogen-bond acceptors (Lipinski definition) is 8. The molecule has 3 heterocycles. The van der Waals surface area contributed by atoms with E-state index in [9.17, 15) is 9.90 Å². The number of rotatable bonds is 11. The fraction of sp³-hybridized carbons (Fsp3) is 0.607. The number of amides is 1. The molecule has 0 bridgehead atoms. The van der Waals surface area contributed by atoms with Gasteiger partial charge in [0.25, 0.3) is 5.91 Å². The largest absolute Gasteiger partial charge is 0.491 e. The van der Waals surface area contributed by atoms with Gasteiger partial charge in [-0.05, 0) is 63.6 Å². The van der Waals surface area contributed by atoms with E-state index in [2.05, 4.69) is 5.32 Å². The Balaban J connectivity index is 1.60. The number of aliphatic hydroxyl groups is 1. The van der Waals surface area contributed by atoms with Gasteiger partial charge in [0.2, 0.25) is 0 Å². The van der Waals surface area contributed by atoms with Crippen molar-refractivity contribution >= 4 is 5.91 Å². The van der Waals surface area contributed by atoms with Crippen LogP contribution in [0.4, 0.5) is 0 Å². The number of ether oxygens (including phenoxy) is 3. The van der Waals surface area contributed by atoms with Crippen molar-refractivity contribution in [2.45, 2.75) is 38.7 Å². The molecule has 2 aliphatic rings. The fourth-order valence-corrected chi connectivity index (χ4v) is 4.91. The molecule has 37 heavy (non-hydrogen) atoms. The lowest BCUT2D eigenvalue weighted by molar-refractivity contribution is 0.0494. The SMILES string of the molecule is CNCC(O)COc1cccc(-c2nc(C[C@@H]3CCOC3)c(C)c(C(=O)N(C)CC3CCOCC3)n2)c1. The molecule has 9 nitrogen and oxygen atoms in total. The molecular weight excluding hydrogens is 472 g/mol. The maximum Gasteiger partial charge on any atom is 0.272 e. The summed E-state index contributed by atoms with van der Waals surface area (Å²) in [5, 5.41) is 12.9. The van der Waals surface area contributed by atoms with E-state index in [0.717, 1.165) is 62.3 Å². The summed E-state index contributed by atoms with van der Waals surface area (Å²) in [7, 11) is 3.64. The van der Waals surface area contributed by atoms with E-state index in [1.807, 2.05) is 38.2 Å². The van der Waals surface area contributed by atoms with E-state index in [-0.39, 0.29) is 12.5 Å². The smallest absolute Gasteiger partial charge is 0.272 e. The third kappa shape index (κ3) is 7.47. The summed E-state index contributed by atoms with van der Waals surface area (Å²) < 4.78 is 16.9. The van der Waals surface area contributed by atoms with Crippen LogP contribution in [0.25, 0.3) is 11.4 Å². The predicted octanol–water partition coefficient (Wildman–Crippen LogP) is 2.49. The highest BCUT2D eigenvalue weighted by Crippen LogP contribution is 2.27. The first-order chi connectivity index (χ1) is 17.9. The lowest BCUT2D eigenvalue weighted by Crippen LogP contribution is -2.35. The number of nitrogens with zero attached hydrogens (tertiary/aromatic N) is 3. The van der Waals surface area contributed by atoms with Crippen molar-refractivity contribution in [3.63, 3.8) is 0 Å². The summed E-state index contributed by atoms with van der Waals surface area (Å²) in [5.74, 6) is 1.86. The molecule has 1 amide bonds. The molecule has 1 unspecified atom stereocenters. The highest BCUT2D eigenvalue weighted by molar-refractivity contribution is 5.94. The number of benzene rings is 1. The van der Waals surface area contributed by atoms with Crippen LogP contribution in [0.15, 0.2) is 24.3 Å². The van der Waals surface area contributed by atoms with Gasteiger partial charge >= 0.3 is 0 Å². The second-order valence-electron chi connectivity index (χ2n) is 10.2. The van der Waals surface area contributed by atoms with Crippen molar-refractivity contribution in [1.82, 2.24) is 20.2 Å². The predicted molar refractivity (Wildman–Crippen MR) is 141 cm³/mol. The zero-order valence-corrected chi connectivity index (χ0v) is 22.2. The van der Waals surface area contributed by atoms with Gasteiger partial charge in [0.15, 0.2) is 5.82 Å². The molecule has 2 aliphatic heterocycles. The van der Waals surface area contributed by atoms with E-state index >= 15 is 0 Å². The molecule has 2 fully saturated rings. The molecule has 2 saturated heterocycles. The van der Waals surface area contributed by atoms with Crippen molar-refractivity contribution < 1.29 is 24.1 Å². The lowest BCUT2D eigenvalue weighted by atomic mass is 9.97. The molecule has 0 spiro atoms. The molecule has 9 heteroatoms. The summed E-state index contributed by atoms with van der Waals surface area (Å²) in [6.45, 7) is 6.24. The Kier molecular flexibility index (Phi) is 9.85. The van der Waals surface area contributed by atoms with Gasteiger partial charge in [0, 0.05) is 63.4 Å². The van der Waals surface area contributed by atoms with Crippen LogP contribution in [0, 0.1) is 18.8 Å². The minimum Gasteiger partial charge on any atom is -0.491 e. The highest BCUT2D eigenvalue weighted by Gasteiger charge is 2.26. The molecule has 1 aromatic heterocycles. The van der Waals surface area contributed by atoms with E-state index in [1.165, 1.54) is 0 Å². The first-order valence-corrected chi connectivity index (χ1v) is 13.3. The van der Waals surface area contributed by atoms with Crippen LogP contribution in [-0.2, 0) is 15.9 Å². The number of hydrogen-bond donors (Lipinski definition) is 2. The molecule has 1 aromatic carbocycles. The van der Waals surface area contributed by atoms with Gasteiger partial charge in [0.05, 0.1) is 0 Å². The molecule has 4 rings (SSSR count). The van der Waals surface area contributed by atoms with E-state index < -0.39 is 6.10 Å². The van der Waals surface area contributed by atoms with Gasteiger partial charge < -0.3 is 29.5 Å². The maximum absolute atomic E-state index is 13.6. The molecule has 202 valence electrons. The molecule has 0 saturated carbocycles. The van der Waals surface area contributed by atoms with Gasteiger partial charge in [-0.1, -0.05) is 12.1 Å². The average Bonchev–Trinajstić information content (AvgIpc) is 3.42. The Labute approximate surface area is 219 Å². The summed E-state index contributed by atoms with van der Waals surface area (Å²) in [4.78, 5) is 25.1. The summed E-state index contributed by atoms with van der Waals surface area (Å²) >= 11 is 0.